The number of likely N-dealkylation sites (tertiary alicyclic amines) is 1. The van der Waals surface area contributed by atoms with Crippen molar-refractivity contribution in [1.29, 1.82) is 0 Å². The van der Waals surface area contributed by atoms with Crippen LogP contribution >= 0.6 is 0 Å². The summed E-state index contributed by atoms with van der Waals surface area (Å²) in [5, 5.41) is 22.0. The molecule has 46 heavy (non-hydrogen) atoms. The summed E-state index contributed by atoms with van der Waals surface area (Å²) in [4.78, 5) is 37.4. The number of unbranched alkanes of at least 4 members (excludes halogenated alkanes) is 2. The van der Waals surface area contributed by atoms with Crippen LogP contribution in [0.1, 0.15) is 61.6 Å². The van der Waals surface area contributed by atoms with Crippen LogP contribution in [0.15, 0.2) is 78.9 Å². The number of nitrogens with one attached hydrogen (secondary N) is 1. The number of carbonyl (C=O) groups excluding carboxylic acids is 2. The molecule has 0 radical (unpaired) electrons. The van der Waals surface area contributed by atoms with Crippen LogP contribution in [0.2, 0.25) is 0 Å². The Balaban J connectivity index is 1.49. The SMILES string of the molecule is COc1ccc(C(OC[C@@H]2C[C@@H](O)CN2C(=O)CCCCCNC(=O)CCC(=O)O)(c2ccccc2)c2ccc(OC)cc2)cc1. The number of carboxylic acids is 1. The zero-order valence-electron chi connectivity index (χ0n) is 26.5. The smallest absolute Gasteiger partial charge is 0.303 e. The summed E-state index contributed by atoms with van der Waals surface area (Å²) in [6.07, 6.45) is 1.89. The fourth-order valence-corrected chi connectivity index (χ4v) is 5.91. The van der Waals surface area contributed by atoms with Gasteiger partial charge in [-0.1, -0.05) is 61.0 Å². The number of benzene rings is 3. The molecule has 1 saturated heterocycles. The Morgan fingerprint density at radius 2 is 1.39 bits per heavy atom. The second-order valence-electron chi connectivity index (χ2n) is 11.5. The largest absolute Gasteiger partial charge is 0.497 e. The van der Waals surface area contributed by atoms with E-state index in [2.05, 4.69) is 5.32 Å². The van der Waals surface area contributed by atoms with Crippen LogP contribution in [-0.2, 0) is 24.7 Å². The van der Waals surface area contributed by atoms with Crippen LogP contribution in [-0.4, -0.2) is 79.0 Å². The lowest BCUT2D eigenvalue weighted by Gasteiger charge is -2.38. The van der Waals surface area contributed by atoms with Crippen LogP contribution in [0, 0.1) is 0 Å². The molecule has 3 aromatic rings. The molecule has 10 nitrogen and oxygen atoms in total. The van der Waals surface area contributed by atoms with Crippen LogP contribution in [0.4, 0.5) is 0 Å². The fraction of sp³-hybridized carbons (Fsp3) is 0.417. The Hall–Kier alpha value is -4.41. The Kier molecular flexibility index (Phi) is 12.6. The standard InChI is InChI=1S/C36H44N2O8/c1-44-31-16-12-27(13-17-31)36(26-9-5-3-6-10-26,28-14-18-32(45-2)19-15-28)46-25-29-23-30(39)24-38(29)34(41)11-7-4-8-22-37-33(40)20-21-35(42)43/h3,5-6,9-10,12-19,29-30,39H,4,7-8,11,20-25H2,1-2H3,(H,37,40)(H,42,43)/t29-,30+/m0/s1. The van der Waals surface area contributed by atoms with Crippen molar-refractivity contribution in [2.45, 2.75) is 62.7 Å². The second-order valence-corrected chi connectivity index (χ2v) is 11.5. The average molecular weight is 633 g/mol. The third-order valence-electron chi connectivity index (χ3n) is 8.33. The number of carboxylic acid groups (broad SMARTS) is 1. The Labute approximate surface area is 270 Å². The molecule has 1 heterocycles. The molecular formula is C36H44N2O8. The maximum atomic E-state index is 13.4. The van der Waals surface area contributed by atoms with Gasteiger partial charge in [-0.3, -0.25) is 14.4 Å². The summed E-state index contributed by atoms with van der Waals surface area (Å²) >= 11 is 0. The average Bonchev–Trinajstić information content (AvgIpc) is 3.46. The van der Waals surface area contributed by atoms with E-state index in [0.29, 0.717) is 32.2 Å². The zero-order chi connectivity index (χ0) is 32.9. The van der Waals surface area contributed by atoms with E-state index in [4.69, 9.17) is 19.3 Å². The van der Waals surface area contributed by atoms with Gasteiger partial charge in [0, 0.05) is 25.9 Å². The number of aliphatic hydroxyl groups is 1. The van der Waals surface area contributed by atoms with E-state index >= 15 is 0 Å². The lowest BCUT2D eigenvalue weighted by molar-refractivity contribution is -0.138. The van der Waals surface area contributed by atoms with Gasteiger partial charge in [0.05, 0.1) is 39.4 Å². The van der Waals surface area contributed by atoms with E-state index in [0.717, 1.165) is 34.6 Å². The van der Waals surface area contributed by atoms with Crippen molar-refractivity contribution in [3.8, 4) is 11.5 Å². The minimum absolute atomic E-state index is 0.0446. The van der Waals surface area contributed by atoms with E-state index in [1.54, 1.807) is 19.1 Å². The van der Waals surface area contributed by atoms with E-state index in [1.807, 2.05) is 78.9 Å². The Morgan fingerprint density at radius 1 is 0.804 bits per heavy atom. The van der Waals surface area contributed by atoms with Crippen LogP contribution in [0.3, 0.4) is 0 Å². The highest BCUT2D eigenvalue weighted by atomic mass is 16.5. The molecule has 246 valence electrons. The van der Waals surface area contributed by atoms with E-state index in [-0.39, 0.29) is 43.8 Å². The first-order chi connectivity index (χ1) is 22.3. The molecule has 3 aromatic carbocycles. The highest BCUT2D eigenvalue weighted by molar-refractivity contribution is 5.80. The van der Waals surface area contributed by atoms with Gasteiger partial charge in [-0.05, 0) is 60.2 Å². The van der Waals surface area contributed by atoms with Crippen molar-refractivity contribution in [3.63, 3.8) is 0 Å². The van der Waals surface area contributed by atoms with Crippen molar-refractivity contribution in [1.82, 2.24) is 10.2 Å². The topological polar surface area (TPSA) is 135 Å². The molecule has 0 aliphatic carbocycles. The predicted molar refractivity (Wildman–Crippen MR) is 173 cm³/mol. The normalized spacial score (nSPS) is 16.2. The third kappa shape index (κ3) is 8.86. The molecule has 0 saturated carbocycles. The number of rotatable bonds is 17. The number of hydrogen-bond acceptors (Lipinski definition) is 7. The summed E-state index contributed by atoms with van der Waals surface area (Å²) in [6, 6.07) is 25.1. The quantitative estimate of drug-likeness (QED) is 0.146. The first kappa shape index (κ1) is 34.5. The number of β-amino-alcohol motifs (C(OH)–C–C–N with tert-alkyl or cyclic N) is 1. The highest BCUT2D eigenvalue weighted by Gasteiger charge is 2.41. The lowest BCUT2D eigenvalue weighted by Crippen LogP contribution is -2.42. The van der Waals surface area contributed by atoms with E-state index < -0.39 is 17.7 Å². The lowest BCUT2D eigenvalue weighted by atomic mass is 9.80. The summed E-state index contributed by atoms with van der Waals surface area (Å²) < 4.78 is 17.9. The number of ether oxygens (including phenoxy) is 3. The van der Waals surface area contributed by atoms with Crippen molar-refractivity contribution in [2.75, 3.05) is 33.9 Å². The molecule has 10 heteroatoms. The van der Waals surface area contributed by atoms with E-state index in [1.165, 1.54) is 0 Å². The van der Waals surface area contributed by atoms with Crippen LogP contribution in [0.5, 0.6) is 11.5 Å². The minimum atomic E-state index is -1.03. The van der Waals surface area contributed by atoms with Crippen LogP contribution < -0.4 is 14.8 Å². The van der Waals surface area contributed by atoms with Gasteiger partial charge in [0.2, 0.25) is 11.8 Å². The van der Waals surface area contributed by atoms with Gasteiger partial charge in [0.1, 0.15) is 17.1 Å². The maximum absolute atomic E-state index is 13.4. The van der Waals surface area contributed by atoms with E-state index in [9.17, 15) is 19.5 Å². The predicted octanol–water partition coefficient (Wildman–Crippen LogP) is 4.52. The van der Waals surface area contributed by atoms with Gasteiger partial charge in [-0.15, -0.1) is 0 Å². The number of methoxy groups -OCH3 is 2. The first-order valence-corrected chi connectivity index (χ1v) is 15.7. The monoisotopic (exact) mass is 632 g/mol. The number of hydrogen-bond donors (Lipinski definition) is 3. The summed E-state index contributed by atoms with van der Waals surface area (Å²) in [6.45, 7) is 0.873. The molecule has 0 bridgehead atoms. The molecule has 1 aliphatic rings. The third-order valence-corrected chi connectivity index (χ3v) is 8.33. The maximum Gasteiger partial charge on any atom is 0.303 e. The first-order valence-electron chi connectivity index (χ1n) is 15.7. The molecule has 2 amide bonds. The number of aliphatic carboxylic acids is 1. The van der Waals surface area contributed by atoms with Crippen molar-refractivity contribution in [2.24, 2.45) is 0 Å². The molecule has 0 aromatic heterocycles. The summed E-state index contributed by atoms with van der Waals surface area (Å²) in [7, 11) is 3.25. The van der Waals surface area contributed by atoms with Gasteiger partial charge < -0.3 is 34.6 Å². The van der Waals surface area contributed by atoms with Gasteiger partial charge in [-0.25, -0.2) is 0 Å². The Bertz CT molecular complexity index is 1360. The van der Waals surface area contributed by atoms with Crippen molar-refractivity contribution < 1.29 is 38.8 Å². The minimum Gasteiger partial charge on any atom is -0.497 e. The summed E-state index contributed by atoms with van der Waals surface area (Å²) in [5.74, 6) is 0.100. The molecule has 0 spiro atoms. The van der Waals surface area contributed by atoms with Gasteiger partial charge >= 0.3 is 5.97 Å². The van der Waals surface area contributed by atoms with Gasteiger partial charge in [-0.2, -0.15) is 0 Å². The Morgan fingerprint density at radius 3 is 1.96 bits per heavy atom. The molecule has 4 rings (SSSR count). The fourth-order valence-electron chi connectivity index (χ4n) is 5.91. The van der Waals surface area contributed by atoms with Crippen LogP contribution in [0.25, 0.3) is 0 Å². The van der Waals surface area contributed by atoms with Gasteiger partial charge in [0.15, 0.2) is 0 Å². The number of carbonyl (C=O) groups is 3. The van der Waals surface area contributed by atoms with Crippen molar-refractivity contribution >= 4 is 17.8 Å². The number of aliphatic hydroxyl groups excluding tert-OH is 1. The molecule has 2 atom stereocenters. The zero-order valence-corrected chi connectivity index (χ0v) is 26.5. The second kappa shape index (κ2) is 16.8. The molecular weight excluding hydrogens is 588 g/mol. The molecule has 0 unspecified atom stereocenters. The summed E-state index contributed by atoms with van der Waals surface area (Å²) in [5.41, 5.74) is 1.65. The molecule has 1 aliphatic heterocycles. The number of nitrogens with zero attached hydrogens (tertiary/aromatic N) is 1. The number of amides is 2. The highest BCUT2D eigenvalue weighted by Crippen LogP contribution is 2.42. The van der Waals surface area contributed by atoms with Crippen molar-refractivity contribution in [3.05, 3.63) is 95.6 Å². The molecule has 3 N–H and O–H groups in total. The molecule has 1 fully saturated rings. The van der Waals surface area contributed by atoms with Gasteiger partial charge in [0.25, 0.3) is 0 Å².